The Labute approximate surface area is 246 Å². The van der Waals surface area contributed by atoms with E-state index in [1.165, 1.54) is 23.4 Å². The molecule has 0 atom stereocenters. The fraction of sp³-hybridized carbons (Fsp3) is 0.364. The van der Waals surface area contributed by atoms with E-state index < -0.39 is 0 Å². The summed E-state index contributed by atoms with van der Waals surface area (Å²) in [5.41, 5.74) is 3.66. The van der Waals surface area contributed by atoms with E-state index in [0.29, 0.717) is 30.8 Å². The highest BCUT2D eigenvalue weighted by atomic mass is 32.2. The van der Waals surface area contributed by atoms with E-state index in [4.69, 9.17) is 9.72 Å². The highest BCUT2D eigenvalue weighted by Crippen LogP contribution is 2.27. The number of nitrogens with zero attached hydrogens (tertiary/aromatic N) is 4. The molecule has 0 spiro atoms. The van der Waals surface area contributed by atoms with Gasteiger partial charge in [0.15, 0.2) is 5.16 Å². The number of likely N-dealkylation sites (N-methyl/N-ethyl adjacent to an activating group) is 1. The van der Waals surface area contributed by atoms with Crippen LogP contribution in [0.15, 0.2) is 78.1 Å². The second-order valence-electron chi connectivity index (χ2n) is 10.8. The molecule has 41 heavy (non-hydrogen) atoms. The number of aromatic nitrogens is 2. The normalized spacial score (nSPS) is 14.3. The number of rotatable bonds is 10. The minimum Gasteiger partial charge on any atom is -0.465 e. The Morgan fingerprint density at radius 3 is 2.51 bits per heavy atom. The molecular weight excluding hydrogens is 532 g/mol. The fourth-order valence-corrected chi connectivity index (χ4v) is 6.47. The van der Waals surface area contributed by atoms with E-state index in [0.717, 1.165) is 42.3 Å². The van der Waals surface area contributed by atoms with Crippen molar-refractivity contribution in [2.45, 2.75) is 36.7 Å². The molecular formula is C33H38N4O3S. The van der Waals surface area contributed by atoms with E-state index >= 15 is 0 Å². The Bertz CT molecular complexity index is 1500. The molecule has 1 aliphatic heterocycles. The maximum atomic E-state index is 13.1. The lowest BCUT2D eigenvalue weighted by Crippen LogP contribution is -2.40. The number of hydrogen-bond donors (Lipinski definition) is 0. The van der Waals surface area contributed by atoms with Gasteiger partial charge in [-0.25, -0.2) is 9.78 Å². The average Bonchev–Trinajstić information content (AvgIpc) is 3.40. The molecule has 1 amide bonds. The van der Waals surface area contributed by atoms with Gasteiger partial charge in [0.1, 0.15) is 0 Å². The van der Waals surface area contributed by atoms with Crippen molar-refractivity contribution in [2.75, 3.05) is 40.8 Å². The van der Waals surface area contributed by atoms with Gasteiger partial charge in [-0.05, 0) is 60.9 Å². The molecule has 1 saturated heterocycles. The Morgan fingerprint density at radius 2 is 1.71 bits per heavy atom. The monoisotopic (exact) mass is 570 g/mol. The maximum absolute atomic E-state index is 13.1. The van der Waals surface area contributed by atoms with Gasteiger partial charge >= 0.3 is 5.97 Å². The topological polar surface area (TPSA) is 67.7 Å². The minimum absolute atomic E-state index is 0.112. The molecule has 214 valence electrons. The van der Waals surface area contributed by atoms with Gasteiger partial charge in [0.2, 0.25) is 5.91 Å². The summed E-state index contributed by atoms with van der Waals surface area (Å²) in [5.74, 6) is 0.605. The molecule has 1 aliphatic rings. The third-order valence-corrected chi connectivity index (χ3v) is 8.98. The van der Waals surface area contributed by atoms with Crippen LogP contribution in [0.5, 0.6) is 0 Å². The first-order chi connectivity index (χ1) is 19.9. The number of esters is 1. The van der Waals surface area contributed by atoms with Crippen LogP contribution in [0.2, 0.25) is 0 Å². The summed E-state index contributed by atoms with van der Waals surface area (Å²) in [6.07, 6.45) is 4.65. The number of fused-ring (bicyclic) bond motifs is 1. The van der Waals surface area contributed by atoms with Crippen LogP contribution >= 0.6 is 11.8 Å². The molecule has 0 unspecified atom stereocenters. The zero-order valence-corrected chi connectivity index (χ0v) is 24.9. The zero-order chi connectivity index (χ0) is 28.8. The van der Waals surface area contributed by atoms with Crippen LogP contribution in [0.4, 0.5) is 0 Å². The fourth-order valence-electron chi connectivity index (χ4n) is 5.47. The molecule has 0 bridgehead atoms. The number of ether oxygens (including phenoxy) is 1. The number of amides is 1. The Kier molecular flexibility index (Phi) is 9.42. The molecule has 0 N–H and O–H groups in total. The van der Waals surface area contributed by atoms with Gasteiger partial charge in [0.25, 0.3) is 0 Å². The second-order valence-corrected chi connectivity index (χ2v) is 11.7. The third-order valence-electron chi connectivity index (χ3n) is 7.94. The lowest BCUT2D eigenvalue weighted by Gasteiger charge is -2.30. The van der Waals surface area contributed by atoms with Crippen LogP contribution < -0.4 is 0 Å². The van der Waals surface area contributed by atoms with Gasteiger partial charge in [-0.15, -0.1) is 0 Å². The van der Waals surface area contributed by atoms with Crippen molar-refractivity contribution in [3.8, 4) is 0 Å². The number of benzene rings is 3. The van der Waals surface area contributed by atoms with Crippen LogP contribution in [-0.2, 0) is 28.2 Å². The van der Waals surface area contributed by atoms with Crippen molar-refractivity contribution >= 4 is 34.4 Å². The second kappa shape index (κ2) is 13.4. The van der Waals surface area contributed by atoms with E-state index in [2.05, 4.69) is 65.2 Å². The molecule has 5 rings (SSSR count). The van der Waals surface area contributed by atoms with Crippen molar-refractivity contribution < 1.29 is 14.3 Å². The van der Waals surface area contributed by atoms with Crippen molar-refractivity contribution in [3.63, 3.8) is 0 Å². The van der Waals surface area contributed by atoms with Gasteiger partial charge in [0.05, 0.1) is 24.9 Å². The third kappa shape index (κ3) is 7.00. The van der Waals surface area contributed by atoms with Crippen molar-refractivity contribution in [2.24, 2.45) is 5.92 Å². The van der Waals surface area contributed by atoms with Crippen LogP contribution in [0.1, 0.15) is 40.0 Å². The summed E-state index contributed by atoms with van der Waals surface area (Å²) in [7, 11) is 5.43. The molecule has 3 aromatic carbocycles. The van der Waals surface area contributed by atoms with E-state index in [9.17, 15) is 9.59 Å². The molecule has 4 aromatic rings. The zero-order valence-electron chi connectivity index (χ0n) is 24.1. The number of thioether (sulfide) groups is 1. The predicted octanol–water partition coefficient (Wildman–Crippen LogP) is 5.51. The number of methoxy groups -OCH3 is 1. The molecule has 2 heterocycles. The van der Waals surface area contributed by atoms with Crippen LogP contribution in [0.25, 0.3) is 10.8 Å². The Balaban J connectivity index is 1.35. The van der Waals surface area contributed by atoms with Crippen LogP contribution in [0.3, 0.4) is 0 Å². The summed E-state index contributed by atoms with van der Waals surface area (Å²) >= 11 is 1.61. The molecule has 7 nitrogen and oxygen atoms in total. The largest absolute Gasteiger partial charge is 0.465 e. The van der Waals surface area contributed by atoms with Gasteiger partial charge in [-0.3, -0.25) is 4.79 Å². The summed E-state index contributed by atoms with van der Waals surface area (Å²) in [6, 6.07) is 22.4. The highest BCUT2D eigenvalue weighted by molar-refractivity contribution is 7.98. The predicted molar refractivity (Wildman–Crippen MR) is 164 cm³/mol. The first kappa shape index (κ1) is 28.9. The number of likely N-dealkylation sites (tertiary alicyclic amines) is 1. The average molecular weight is 571 g/mol. The van der Waals surface area contributed by atoms with Gasteiger partial charge in [-0.1, -0.05) is 72.4 Å². The summed E-state index contributed by atoms with van der Waals surface area (Å²) in [6.45, 7) is 3.26. The minimum atomic E-state index is -0.335. The Morgan fingerprint density at radius 1 is 1.00 bits per heavy atom. The van der Waals surface area contributed by atoms with Crippen molar-refractivity contribution in [1.29, 1.82) is 0 Å². The van der Waals surface area contributed by atoms with Gasteiger partial charge in [-0.2, -0.15) is 0 Å². The summed E-state index contributed by atoms with van der Waals surface area (Å²) in [4.78, 5) is 34.6. The van der Waals surface area contributed by atoms with Crippen molar-refractivity contribution in [3.05, 3.63) is 95.3 Å². The molecule has 0 aliphatic carbocycles. The molecule has 1 fully saturated rings. The van der Waals surface area contributed by atoms with Crippen LogP contribution in [-0.4, -0.2) is 72.1 Å². The van der Waals surface area contributed by atoms with Crippen LogP contribution in [0, 0.1) is 5.92 Å². The standard InChI is InChI=1S/C33H38N4O3S/c1-35-18-15-25(16-19-35)31(38)36(2)20-17-28-22-37(21-26-12-8-11-24-9-4-6-13-29(24)26)33(34-28)41-23-27-10-5-7-14-30(27)32(39)40-3/h4-14,22,25H,15-21,23H2,1-3H3. The summed E-state index contributed by atoms with van der Waals surface area (Å²) < 4.78 is 7.19. The smallest absolute Gasteiger partial charge is 0.338 e. The highest BCUT2D eigenvalue weighted by Gasteiger charge is 2.26. The SMILES string of the molecule is COC(=O)c1ccccc1CSc1nc(CCN(C)C(=O)C2CCN(C)CC2)cn1Cc1cccc2ccccc12. The van der Waals surface area contributed by atoms with Crippen molar-refractivity contribution in [1.82, 2.24) is 19.4 Å². The maximum Gasteiger partial charge on any atom is 0.338 e. The molecule has 0 saturated carbocycles. The molecule has 1 aromatic heterocycles. The van der Waals surface area contributed by atoms with E-state index in [1.54, 1.807) is 17.8 Å². The van der Waals surface area contributed by atoms with Gasteiger partial charge in [0, 0.05) is 37.9 Å². The van der Waals surface area contributed by atoms with E-state index in [-0.39, 0.29) is 17.8 Å². The number of hydrogen-bond acceptors (Lipinski definition) is 6. The molecule has 8 heteroatoms. The number of carbonyl (C=O) groups is 2. The first-order valence-corrected chi connectivity index (χ1v) is 15.2. The lowest BCUT2D eigenvalue weighted by atomic mass is 9.95. The number of imidazole rings is 1. The van der Waals surface area contributed by atoms with Gasteiger partial charge < -0.3 is 19.1 Å². The Hall–Kier alpha value is -3.62. The molecule has 0 radical (unpaired) electrons. The quantitative estimate of drug-likeness (QED) is 0.185. The van der Waals surface area contributed by atoms with E-state index in [1.807, 2.05) is 30.1 Å². The first-order valence-electron chi connectivity index (χ1n) is 14.2. The summed E-state index contributed by atoms with van der Waals surface area (Å²) in [5, 5.41) is 3.32. The number of piperidine rings is 1. The lowest BCUT2D eigenvalue weighted by molar-refractivity contribution is -0.135. The number of carbonyl (C=O) groups excluding carboxylic acids is 2.